The number of para-hydroxylation sites is 1. The summed E-state index contributed by atoms with van der Waals surface area (Å²) in [7, 11) is 0. The molecule has 0 spiro atoms. The van der Waals surface area contributed by atoms with Crippen LogP contribution in [-0.4, -0.2) is 11.9 Å². The number of hydrogen-bond donors (Lipinski definition) is 2. The van der Waals surface area contributed by atoms with E-state index in [-0.39, 0.29) is 0 Å². The molecule has 27 heavy (non-hydrogen) atoms. The van der Waals surface area contributed by atoms with E-state index in [1.807, 2.05) is 48.5 Å². The van der Waals surface area contributed by atoms with Crippen molar-refractivity contribution in [2.45, 2.75) is 13.0 Å². The molecule has 0 heterocycles. The molecular formula is C22H20N2O3. The number of rotatable bonds is 6. The standard InChI is InChI=1S/C22H20N2O3/c1-16(25)27-21(17-8-4-2-5-9-17)22(26)24-20-14-12-19(13-15-20)23-18-10-6-3-7-11-18/h2-15,21,23H,1H3,(H,24,26). The molecule has 5 heteroatoms. The number of ether oxygens (including phenoxy) is 1. The third-order valence-corrected chi connectivity index (χ3v) is 3.84. The summed E-state index contributed by atoms with van der Waals surface area (Å²) in [6.45, 7) is 1.28. The second-order valence-corrected chi connectivity index (χ2v) is 5.96. The number of carbonyl (C=O) groups is 2. The highest BCUT2D eigenvalue weighted by molar-refractivity contribution is 5.96. The van der Waals surface area contributed by atoms with Gasteiger partial charge in [-0.1, -0.05) is 48.5 Å². The Kier molecular flexibility index (Phi) is 5.84. The molecule has 3 aromatic rings. The molecule has 0 aliphatic heterocycles. The molecule has 0 bridgehead atoms. The smallest absolute Gasteiger partial charge is 0.303 e. The first-order chi connectivity index (χ1) is 13.1. The van der Waals surface area contributed by atoms with Crippen LogP contribution in [0, 0.1) is 0 Å². The molecule has 0 aromatic heterocycles. The molecule has 0 aliphatic carbocycles. The molecule has 136 valence electrons. The molecule has 0 aliphatic rings. The molecule has 5 nitrogen and oxygen atoms in total. The quantitative estimate of drug-likeness (QED) is 0.627. The summed E-state index contributed by atoms with van der Waals surface area (Å²) in [4.78, 5) is 24.0. The van der Waals surface area contributed by atoms with Crippen LogP contribution < -0.4 is 10.6 Å². The summed E-state index contributed by atoms with van der Waals surface area (Å²) >= 11 is 0. The molecule has 2 N–H and O–H groups in total. The van der Waals surface area contributed by atoms with Crippen molar-refractivity contribution in [2.24, 2.45) is 0 Å². The number of benzene rings is 3. The number of amides is 1. The van der Waals surface area contributed by atoms with Crippen LogP contribution in [0.25, 0.3) is 0 Å². The first-order valence-electron chi connectivity index (χ1n) is 8.57. The molecule has 0 saturated carbocycles. The van der Waals surface area contributed by atoms with E-state index in [2.05, 4.69) is 10.6 Å². The summed E-state index contributed by atoms with van der Waals surface area (Å²) in [6.07, 6.45) is -0.995. The summed E-state index contributed by atoms with van der Waals surface area (Å²) in [5, 5.41) is 6.07. The monoisotopic (exact) mass is 360 g/mol. The lowest BCUT2D eigenvalue weighted by molar-refractivity contribution is -0.152. The van der Waals surface area contributed by atoms with Crippen LogP contribution in [0.3, 0.4) is 0 Å². The molecule has 0 saturated heterocycles. The van der Waals surface area contributed by atoms with Gasteiger partial charge in [-0.25, -0.2) is 0 Å². The second-order valence-electron chi connectivity index (χ2n) is 5.96. The summed E-state index contributed by atoms with van der Waals surface area (Å²) in [5.41, 5.74) is 3.12. The molecule has 0 radical (unpaired) electrons. The highest BCUT2D eigenvalue weighted by Gasteiger charge is 2.23. The molecule has 1 atom stereocenters. The zero-order chi connectivity index (χ0) is 19.1. The van der Waals surface area contributed by atoms with Crippen molar-refractivity contribution < 1.29 is 14.3 Å². The summed E-state index contributed by atoms with van der Waals surface area (Å²) in [6, 6.07) is 26.0. The fourth-order valence-electron chi connectivity index (χ4n) is 2.60. The minimum Gasteiger partial charge on any atom is -0.447 e. The molecule has 0 fully saturated rings. The Hall–Kier alpha value is -3.60. The van der Waals surface area contributed by atoms with Gasteiger partial charge < -0.3 is 15.4 Å². The van der Waals surface area contributed by atoms with Crippen molar-refractivity contribution in [3.05, 3.63) is 90.5 Å². The van der Waals surface area contributed by atoms with Gasteiger partial charge in [-0.2, -0.15) is 0 Å². The van der Waals surface area contributed by atoms with Gasteiger partial charge in [-0.3, -0.25) is 9.59 Å². The topological polar surface area (TPSA) is 67.4 Å². The third-order valence-electron chi connectivity index (χ3n) is 3.84. The molecule has 1 unspecified atom stereocenters. The van der Waals surface area contributed by atoms with Crippen molar-refractivity contribution in [3.63, 3.8) is 0 Å². The van der Waals surface area contributed by atoms with E-state index in [9.17, 15) is 9.59 Å². The number of hydrogen-bond acceptors (Lipinski definition) is 4. The van der Waals surface area contributed by atoms with Crippen LogP contribution in [0.15, 0.2) is 84.9 Å². The van der Waals surface area contributed by atoms with Crippen molar-refractivity contribution in [3.8, 4) is 0 Å². The van der Waals surface area contributed by atoms with Crippen molar-refractivity contribution in [1.82, 2.24) is 0 Å². The Morgan fingerprint density at radius 2 is 1.26 bits per heavy atom. The van der Waals surface area contributed by atoms with Gasteiger partial charge in [0, 0.05) is 29.5 Å². The third kappa shape index (κ3) is 5.19. The molecule has 3 rings (SSSR count). The predicted molar refractivity (Wildman–Crippen MR) is 106 cm³/mol. The van der Waals surface area contributed by atoms with Gasteiger partial charge in [0.2, 0.25) is 6.10 Å². The van der Waals surface area contributed by atoms with E-state index in [4.69, 9.17) is 4.74 Å². The zero-order valence-electron chi connectivity index (χ0n) is 14.9. The Balaban J connectivity index is 1.69. The lowest BCUT2D eigenvalue weighted by Crippen LogP contribution is -2.25. The minimum absolute atomic E-state index is 0.403. The maximum atomic E-state index is 12.6. The van der Waals surface area contributed by atoms with Gasteiger partial charge in [-0.15, -0.1) is 0 Å². The molecular weight excluding hydrogens is 340 g/mol. The lowest BCUT2D eigenvalue weighted by Gasteiger charge is -2.17. The van der Waals surface area contributed by atoms with E-state index >= 15 is 0 Å². The Morgan fingerprint density at radius 1 is 0.741 bits per heavy atom. The van der Waals surface area contributed by atoms with Crippen LogP contribution in [0.4, 0.5) is 17.1 Å². The first kappa shape index (κ1) is 18.2. The van der Waals surface area contributed by atoms with Crippen LogP contribution in [-0.2, 0) is 14.3 Å². The van der Waals surface area contributed by atoms with Gasteiger partial charge in [0.25, 0.3) is 5.91 Å². The predicted octanol–water partition coefficient (Wildman–Crippen LogP) is 4.67. The summed E-state index contributed by atoms with van der Waals surface area (Å²) in [5.74, 6) is -0.915. The van der Waals surface area contributed by atoms with Gasteiger partial charge in [-0.05, 0) is 36.4 Å². The first-order valence-corrected chi connectivity index (χ1v) is 8.57. The maximum Gasteiger partial charge on any atom is 0.303 e. The van der Waals surface area contributed by atoms with Gasteiger partial charge in [0.1, 0.15) is 0 Å². The second kappa shape index (κ2) is 8.67. The summed E-state index contributed by atoms with van der Waals surface area (Å²) < 4.78 is 5.21. The van der Waals surface area contributed by atoms with E-state index in [0.29, 0.717) is 11.3 Å². The number of carbonyl (C=O) groups excluding carboxylic acids is 2. The number of anilines is 3. The average molecular weight is 360 g/mol. The van der Waals surface area contributed by atoms with Crippen molar-refractivity contribution in [2.75, 3.05) is 10.6 Å². The maximum absolute atomic E-state index is 12.6. The zero-order valence-corrected chi connectivity index (χ0v) is 14.9. The fraction of sp³-hybridized carbons (Fsp3) is 0.0909. The Morgan fingerprint density at radius 3 is 1.85 bits per heavy atom. The minimum atomic E-state index is -0.995. The molecule has 1 amide bonds. The van der Waals surface area contributed by atoms with E-state index in [0.717, 1.165) is 11.4 Å². The van der Waals surface area contributed by atoms with E-state index < -0.39 is 18.0 Å². The van der Waals surface area contributed by atoms with Crippen molar-refractivity contribution >= 4 is 28.9 Å². The number of esters is 1. The Labute approximate surface area is 158 Å². The normalized spacial score (nSPS) is 11.3. The van der Waals surface area contributed by atoms with Crippen LogP contribution >= 0.6 is 0 Å². The van der Waals surface area contributed by atoms with E-state index in [1.54, 1.807) is 36.4 Å². The van der Waals surface area contributed by atoms with Crippen LogP contribution in [0.5, 0.6) is 0 Å². The highest BCUT2D eigenvalue weighted by atomic mass is 16.5. The van der Waals surface area contributed by atoms with Crippen molar-refractivity contribution in [1.29, 1.82) is 0 Å². The average Bonchev–Trinajstić information content (AvgIpc) is 2.69. The number of nitrogens with one attached hydrogen (secondary N) is 2. The van der Waals surface area contributed by atoms with Gasteiger partial charge in [0.05, 0.1) is 0 Å². The lowest BCUT2D eigenvalue weighted by atomic mass is 10.1. The van der Waals surface area contributed by atoms with Crippen LogP contribution in [0.1, 0.15) is 18.6 Å². The Bertz CT molecular complexity index is 894. The van der Waals surface area contributed by atoms with Gasteiger partial charge in [0.15, 0.2) is 0 Å². The van der Waals surface area contributed by atoms with Crippen LogP contribution in [0.2, 0.25) is 0 Å². The largest absolute Gasteiger partial charge is 0.447 e. The van der Waals surface area contributed by atoms with Gasteiger partial charge >= 0.3 is 5.97 Å². The van der Waals surface area contributed by atoms with E-state index in [1.165, 1.54) is 6.92 Å². The fourth-order valence-corrected chi connectivity index (χ4v) is 2.60. The molecule has 3 aromatic carbocycles. The highest BCUT2D eigenvalue weighted by Crippen LogP contribution is 2.22. The SMILES string of the molecule is CC(=O)OC(C(=O)Nc1ccc(Nc2ccccc2)cc1)c1ccccc1.